The number of ketones is 1. The van der Waals surface area contributed by atoms with Gasteiger partial charge >= 0.3 is 0 Å². The number of hydrogen-bond donors (Lipinski definition) is 0. The van der Waals surface area contributed by atoms with Gasteiger partial charge in [0.25, 0.3) is 0 Å². The zero-order valence-corrected chi connectivity index (χ0v) is 10.2. The summed E-state index contributed by atoms with van der Waals surface area (Å²) in [5, 5.41) is 8.70. The van der Waals surface area contributed by atoms with Gasteiger partial charge < -0.3 is 9.47 Å². The van der Waals surface area contributed by atoms with E-state index in [1.165, 1.54) is 14.2 Å². The fourth-order valence-corrected chi connectivity index (χ4v) is 1.54. The Labute approximate surface area is 101 Å². The molecule has 0 fully saturated rings. The predicted octanol–water partition coefficient (Wildman–Crippen LogP) is 2.44. The second-order valence-corrected chi connectivity index (χ2v) is 3.70. The molecule has 0 aliphatic heterocycles. The normalized spacial score (nSPS) is 11.4. The number of nitrogens with zero attached hydrogens (tertiary/aromatic N) is 1. The Morgan fingerprint density at radius 1 is 1.41 bits per heavy atom. The van der Waals surface area contributed by atoms with Gasteiger partial charge in [-0.3, -0.25) is 4.79 Å². The van der Waals surface area contributed by atoms with Crippen LogP contribution in [0.2, 0.25) is 0 Å². The van der Waals surface area contributed by atoms with Crippen molar-refractivity contribution in [3.8, 4) is 17.6 Å². The van der Waals surface area contributed by atoms with Gasteiger partial charge in [0.15, 0.2) is 17.3 Å². The highest BCUT2D eigenvalue weighted by molar-refractivity contribution is 5.99. The number of hydrogen-bond acceptors (Lipinski definition) is 4. The van der Waals surface area contributed by atoms with Crippen LogP contribution in [0.5, 0.6) is 11.5 Å². The number of carbonyl (C=O) groups excluding carboxylic acids is 1. The highest BCUT2D eigenvalue weighted by atomic mass is 16.5. The third-order valence-electron chi connectivity index (χ3n) is 2.42. The Hall–Kier alpha value is -2.02. The van der Waals surface area contributed by atoms with Crippen LogP contribution in [0.3, 0.4) is 0 Å². The van der Waals surface area contributed by atoms with E-state index in [1.807, 2.05) is 6.07 Å². The monoisotopic (exact) mass is 233 g/mol. The molecule has 0 saturated heterocycles. The molecule has 0 amide bonds. The molecule has 0 N–H and O–H groups in total. The second-order valence-electron chi connectivity index (χ2n) is 3.70. The van der Waals surface area contributed by atoms with Gasteiger partial charge in [0.05, 0.1) is 31.8 Å². The van der Waals surface area contributed by atoms with Crippen molar-refractivity contribution in [3.05, 3.63) is 23.8 Å². The lowest BCUT2D eigenvalue weighted by Crippen LogP contribution is -2.07. The third kappa shape index (κ3) is 2.97. The number of nitriles is 1. The van der Waals surface area contributed by atoms with E-state index in [0.717, 1.165) is 0 Å². The van der Waals surface area contributed by atoms with E-state index in [0.29, 0.717) is 17.1 Å². The molecule has 4 nitrogen and oxygen atoms in total. The van der Waals surface area contributed by atoms with Crippen LogP contribution in [0.25, 0.3) is 0 Å². The Bertz CT molecular complexity index is 448. The van der Waals surface area contributed by atoms with Crippen LogP contribution in [-0.4, -0.2) is 20.0 Å². The van der Waals surface area contributed by atoms with Crippen molar-refractivity contribution >= 4 is 5.78 Å². The Morgan fingerprint density at radius 2 is 2.12 bits per heavy atom. The lowest BCUT2D eigenvalue weighted by molar-refractivity contribution is 0.0969. The first-order valence-electron chi connectivity index (χ1n) is 5.27. The summed E-state index contributed by atoms with van der Waals surface area (Å²) in [4.78, 5) is 12.0. The van der Waals surface area contributed by atoms with Crippen molar-refractivity contribution in [2.24, 2.45) is 5.92 Å². The maximum absolute atomic E-state index is 12.0. The first kappa shape index (κ1) is 13.0. The third-order valence-corrected chi connectivity index (χ3v) is 2.42. The molecule has 1 aromatic rings. The molecular weight excluding hydrogens is 218 g/mol. The molecule has 0 aliphatic rings. The first-order valence-corrected chi connectivity index (χ1v) is 5.27. The number of Topliss-reactive ketones (excluding diaryl/α,β-unsaturated/α-hetero) is 1. The summed E-state index contributed by atoms with van der Waals surface area (Å²) in [6.45, 7) is 1.71. The van der Waals surface area contributed by atoms with Crippen molar-refractivity contribution < 1.29 is 14.3 Å². The summed E-state index contributed by atoms with van der Waals surface area (Å²) in [5.41, 5.74) is 0.453. The molecule has 1 atom stereocenters. The van der Waals surface area contributed by atoms with E-state index in [-0.39, 0.29) is 18.1 Å². The molecule has 1 aromatic carbocycles. The minimum atomic E-state index is -0.307. The zero-order chi connectivity index (χ0) is 12.8. The van der Waals surface area contributed by atoms with E-state index in [2.05, 4.69) is 0 Å². The lowest BCUT2D eigenvalue weighted by atomic mass is 10.00. The van der Waals surface area contributed by atoms with Crippen LogP contribution in [0.4, 0.5) is 0 Å². The van der Waals surface area contributed by atoms with Crippen LogP contribution in [0, 0.1) is 17.2 Å². The fourth-order valence-electron chi connectivity index (χ4n) is 1.54. The van der Waals surface area contributed by atoms with Gasteiger partial charge in [-0.1, -0.05) is 6.07 Å². The molecule has 1 unspecified atom stereocenters. The van der Waals surface area contributed by atoms with Gasteiger partial charge in [-0.2, -0.15) is 5.26 Å². The maximum Gasteiger partial charge on any atom is 0.171 e. The van der Waals surface area contributed by atoms with Gasteiger partial charge in [-0.15, -0.1) is 0 Å². The van der Waals surface area contributed by atoms with E-state index >= 15 is 0 Å². The molecule has 0 spiro atoms. The van der Waals surface area contributed by atoms with Crippen molar-refractivity contribution in [1.29, 1.82) is 5.26 Å². The number of para-hydroxylation sites is 1. The Balaban J connectivity index is 3.05. The van der Waals surface area contributed by atoms with Crippen LogP contribution < -0.4 is 9.47 Å². The molecule has 90 valence electrons. The topological polar surface area (TPSA) is 59.3 Å². The Kier molecular flexibility index (Phi) is 4.53. The fraction of sp³-hybridized carbons (Fsp3) is 0.385. The summed E-state index contributed by atoms with van der Waals surface area (Å²) in [5.74, 6) is 0.515. The van der Waals surface area contributed by atoms with E-state index in [4.69, 9.17) is 14.7 Å². The quantitative estimate of drug-likeness (QED) is 0.733. The number of ether oxygens (including phenoxy) is 2. The van der Waals surface area contributed by atoms with Crippen LogP contribution in [0.15, 0.2) is 18.2 Å². The second kappa shape index (κ2) is 5.90. The smallest absolute Gasteiger partial charge is 0.171 e. The van der Waals surface area contributed by atoms with Gasteiger partial charge in [-0.05, 0) is 19.1 Å². The van der Waals surface area contributed by atoms with Gasteiger partial charge in [0.1, 0.15) is 0 Å². The van der Waals surface area contributed by atoms with E-state index in [1.54, 1.807) is 25.1 Å². The summed E-state index contributed by atoms with van der Waals surface area (Å²) in [7, 11) is 3.01. The maximum atomic E-state index is 12.0. The number of rotatable bonds is 5. The van der Waals surface area contributed by atoms with Gasteiger partial charge in [0, 0.05) is 6.42 Å². The van der Waals surface area contributed by atoms with Crippen LogP contribution in [0.1, 0.15) is 23.7 Å². The number of carbonyl (C=O) groups is 1. The highest BCUT2D eigenvalue weighted by Gasteiger charge is 2.18. The molecule has 0 heterocycles. The van der Waals surface area contributed by atoms with Crippen molar-refractivity contribution in [2.75, 3.05) is 14.2 Å². The summed E-state index contributed by atoms with van der Waals surface area (Å²) < 4.78 is 10.3. The predicted molar refractivity (Wildman–Crippen MR) is 63.3 cm³/mol. The molecule has 1 rings (SSSR count). The van der Waals surface area contributed by atoms with Crippen LogP contribution >= 0.6 is 0 Å². The zero-order valence-electron chi connectivity index (χ0n) is 10.2. The van der Waals surface area contributed by atoms with Crippen molar-refractivity contribution in [1.82, 2.24) is 0 Å². The average Bonchev–Trinajstić information content (AvgIpc) is 2.37. The van der Waals surface area contributed by atoms with Gasteiger partial charge in [-0.25, -0.2) is 0 Å². The van der Waals surface area contributed by atoms with Crippen molar-refractivity contribution in [2.45, 2.75) is 13.3 Å². The first-order chi connectivity index (χ1) is 8.13. The molecule has 0 aliphatic carbocycles. The molecule has 17 heavy (non-hydrogen) atoms. The van der Waals surface area contributed by atoms with E-state index < -0.39 is 0 Å². The Morgan fingerprint density at radius 3 is 2.65 bits per heavy atom. The molecule has 0 saturated carbocycles. The lowest BCUT2D eigenvalue weighted by Gasteiger charge is -2.11. The minimum absolute atomic E-state index is 0.116. The standard InChI is InChI=1S/C13H15NO3/c1-9(8-14)7-11(15)10-5-4-6-12(16-2)13(10)17-3/h4-6,9H,7H2,1-3H3. The largest absolute Gasteiger partial charge is 0.493 e. The molecule has 4 heteroatoms. The molecule has 0 radical (unpaired) electrons. The molecular formula is C13H15NO3. The van der Waals surface area contributed by atoms with Crippen molar-refractivity contribution in [3.63, 3.8) is 0 Å². The van der Waals surface area contributed by atoms with E-state index in [9.17, 15) is 4.79 Å². The molecule has 0 bridgehead atoms. The number of methoxy groups -OCH3 is 2. The summed E-state index contributed by atoms with van der Waals surface area (Å²) in [6, 6.07) is 7.17. The average molecular weight is 233 g/mol. The van der Waals surface area contributed by atoms with Crippen LogP contribution in [-0.2, 0) is 0 Å². The highest BCUT2D eigenvalue weighted by Crippen LogP contribution is 2.31. The SMILES string of the molecule is COc1cccc(C(=O)CC(C)C#N)c1OC. The minimum Gasteiger partial charge on any atom is -0.493 e. The number of benzene rings is 1. The molecule has 0 aromatic heterocycles. The summed E-state index contributed by atoms with van der Waals surface area (Å²) >= 11 is 0. The van der Waals surface area contributed by atoms with Gasteiger partial charge in [0.2, 0.25) is 0 Å². The summed E-state index contributed by atoms with van der Waals surface area (Å²) in [6.07, 6.45) is 0.181.